The number of alkyl halides is 2. The number of aromatic carboxylic acids is 1. The molecule has 9 nitrogen and oxygen atoms in total. The summed E-state index contributed by atoms with van der Waals surface area (Å²) in [5.74, 6) is -5.67. The molecule has 1 aliphatic heterocycles. The van der Waals surface area contributed by atoms with Crippen LogP contribution >= 0.6 is 11.6 Å². The van der Waals surface area contributed by atoms with Gasteiger partial charge >= 0.3 is 5.97 Å². The molecule has 182 valence electrons. The number of hydrogen-bond acceptors (Lipinski definition) is 8. The number of rotatable bonds is 6. The minimum Gasteiger partial charge on any atom is -0.476 e. The molecule has 4 rings (SSSR count). The number of aromatic nitrogens is 3. The highest BCUT2D eigenvalue weighted by molar-refractivity contribution is 6.29. The largest absolute Gasteiger partial charge is 0.476 e. The van der Waals surface area contributed by atoms with Crippen LogP contribution in [0, 0.1) is 24.2 Å². The number of carbonyl (C=O) groups is 1. The first kappa shape index (κ1) is 24.5. The Morgan fingerprint density at radius 1 is 1.37 bits per heavy atom. The number of nitrogens with zero attached hydrogens (tertiary/aromatic N) is 5. The fraction of sp³-hybridized carbons (Fsp3) is 0.348. The van der Waals surface area contributed by atoms with Gasteiger partial charge in [0.05, 0.1) is 41.8 Å². The third-order valence-electron chi connectivity index (χ3n) is 5.89. The zero-order valence-corrected chi connectivity index (χ0v) is 19.5. The standard InChI is InChI=1S/C23H21ClF2N6O3/c1-11-5-14(12(2)28-15-3-4-18(24)30-20(15)22(34)35)19-16(6-11)29-17(7-27)21(31-19)32-8-13(9-33)23(25,26)10-32/h3-6,12-13,28,33H,8-10H2,1-2H3,(H,34,35)/t12-,13+/m1/s1. The maximum atomic E-state index is 14.3. The molecular formula is C23H21ClF2N6O3. The van der Waals surface area contributed by atoms with Crippen molar-refractivity contribution in [1.82, 2.24) is 15.0 Å². The number of carboxylic acid groups (broad SMARTS) is 1. The highest BCUT2D eigenvalue weighted by atomic mass is 35.5. The van der Waals surface area contributed by atoms with Crippen LogP contribution in [0.3, 0.4) is 0 Å². The lowest BCUT2D eigenvalue weighted by atomic mass is 10.0. The van der Waals surface area contributed by atoms with E-state index in [1.165, 1.54) is 17.0 Å². The first-order chi connectivity index (χ1) is 16.5. The Bertz CT molecular complexity index is 1360. The number of nitriles is 1. The summed E-state index contributed by atoms with van der Waals surface area (Å²) in [4.78, 5) is 25.7. The summed E-state index contributed by atoms with van der Waals surface area (Å²) in [5.41, 5.74) is 2.08. The predicted octanol–water partition coefficient (Wildman–Crippen LogP) is 3.79. The van der Waals surface area contributed by atoms with Gasteiger partial charge in [0, 0.05) is 12.1 Å². The third-order valence-corrected chi connectivity index (χ3v) is 6.10. The molecule has 0 saturated carbocycles. The molecule has 3 aromatic rings. The zero-order valence-electron chi connectivity index (χ0n) is 18.8. The molecule has 3 heterocycles. The normalized spacial score (nSPS) is 17.9. The number of aliphatic hydroxyl groups is 1. The second-order valence-corrected chi connectivity index (χ2v) is 8.84. The Balaban J connectivity index is 1.80. The van der Waals surface area contributed by atoms with Crippen molar-refractivity contribution < 1.29 is 23.8 Å². The lowest BCUT2D eigenvalue weighted by molar-refractivity contribution is -0.0391. The molecule has 1 aromatic carbocycles. The van der Waals surface area contributed by atoms with E-state index in [0.29, 0.717) is 16.6 Å². The number of benzene rings is 1. The van der Waals surface area contributed by atoms with Crippen LogP contribution in [0.5, 0.6) is 0 Å². The lowest BCUT2D eigenvalue weighted by Gasteiger charge is -2.22. The van der Waals surface area contributed by atoms with Gasteiger partial charge in [0.1, 0.15) is 11.2 Å². The van der Waals surface area contributed by atoms with Crippen LogP contribution in [0.25, 0.3) is 11.0 Å². The molecule has 0 radical (unpaired) electrons. The molecule has 0 spiro atoms. The minimum absolute atomic E-state index is 0.00677. The maximum Gasteiger partial charge on any atom is 0.356 e. The highest BCUT2D eigenvalue weighted by Crippen LogP contribution is 2.37. The van der Waals surface area contributed by atoms with Gasteiger partial charge in [-0.05, 0) is 37.6 Å². The molecule has 35 heavy (non-hydrogen) atoms. The second-order valence-electron chi connectivity index (χ2n) is 8.45. The third kappa shape index (κ3) is 4.67. The number of aliphatic hydroxyl groups excluding tert-OH is 1. The van der Waals surface area contributed by atoms with Crippen molar-refractivity contribution in [3.63, 3.8) is 0 Å². The molecule has 1 saturated heterocycles. The van der Waals surface area contributed by atoms with Crippen LogP contribution in [-0.2, 0) is 0 Å². The quantitative estimate of drug-likeness (QED) is 0.430. The van der Waals surface area contributed by atoms with E-state index in [9.17, 15) is 29.1 Å². The number of carboxylic acids is 1. The van der Waals surface area contributed by atoms with E-state index in [1.54, 1.807) is 13.0 Å². The van der Waals surface area contributed by atoms with E-state index >= 15 is 0 Å². The molecule has 0 amide bonds. The van der Waals surface area contributed by atoms with Gasteiger partial charge in [0.15, 0.2) is 17.2 Å². The molecule has 3 N–H and O–H groups in total. The van der Waals surface area contributed by atoms with Crippen molar-refractivity contribution in [2.45, 2.75) is 25.8 Å². The van der Waals surface area contributed by atoms with Gasteiger partial charge in [-0.1, -0.05) is 17.7 Å². The molecule has 1 fully saturated rings. The highest BCUT2D eigenvalue weighted by Gasteiger charge is 2.48. The van der Waals surface area contributed by atoms with Crippen LogP contribution in [0.2, 0.25) is 5.15 Å². The van der Waals surface area contributed by atoms with Gasteiger partial charge in [-0.2, -0.15) is 5.26 Å². The number of hydrogen-bond donors (Lipinski definition) is 3. The van der Waals surface area contributed by atoms with Crippen molar-refractivity contribution in [2.75, 3.05) is 29.9 Å². The van der Waals surface area contributed by atoms with E-state index < -0.39 is 37.0 Å². The van der Waals surface area contributed by atoms with Crippen molar-refractivity contribution in [3.8, 4) is 6.07 Å². The summed E-state index contributed by atoms with van der Waals surface area (Å²) in [6.45, 7) is 2.04. The van der Waals surface area contributed by atoms with Crippen LogP contribution in [0.1, 0.15) is 40.3 Å². The van der Waals surface area contributed by atoms with E-state index in [-0.39, 0.29) is 34.6 Å². The zero-order chi connectivity index (χ0) is 25.5. The van der Waals surface area contributed by atoms with Crippen molar-refractivity contribution >= 4 is 40.1 Å². The van der Waals surface area contributed by atoms with E-state index in [1.807, 2.05) is 19.1 Å². The fourth-order valence-electron chi connectivity index (χ4n) is 4.18. The SMILES string of the molecule is Cc1cc([C@@H](C)Nc2ccc(Cl)nc2C(=O)O)c2nc(N3C[C@@H](CO)C(F)(F)C3)c(C#N)nc2c1. The molecule has 0 aliphatic carbocycles. The summed E-state index contributed by atoms with van der Waals surface area (Å²) in [6, 6.07) is 7.94. The molecule has 1 aliphatic rings. The Morgan fingerprint density at radius 3 is 2.74 bits per heavy atom. The lowest BCUT2D eigenvalue weighted by Crippen LogP contribution is -2.29. The number of anilines is 2. The number of fused-ring (bicyclic) bond motifs is 1. The van der Waals surface area contributed by atoms with Crippen molar-refractivity contribution in [3.05, 3.63) is 51.9 Å². The maximum absolute atomic E-state index is 14.3. The van der Waals surface area contributed by atoms with Gasteiger partial charge in [-0.15, -0.1) is 0 Å². The number of aryl methyl sites for hydroxylation is 1. The predicted molar refractivity (Wildman–Crippen MR) is 125 cm³/mol. The van der Waals surface area contributed by atoms with Gasteiger partial charge in [-0.25, -0.2) is 28.5 Å². The fourth-order valence-corrected chi connectivity index (χ4v) is 4.32. The first-order valence-electron chi connectivity index (χ1n) is 10.7. The van der Waals surface area contributed by atoms with Crippen molar-refractivity contribution in [1.29, 1.82) is 5.26 Å². The molecule has 2 aromatic heterocycles. The first-order valence-corrected chi connectivity index (χ1v) is 11.0. The van der Waals surface area contributed by atoms with E-state index in [0.717, 1.165) is 5.56 Å². The Hall–Kier alpha value is -3.62. The Morgan fingerprint density at radius 2 is 2.11 bits per heavy atom. The Labute approximate surface area is 204 Å². The van der Waals surface area contributed by atoms with Gasteiger partial charge in [-0.3, -0.25) is 0 Å². The van der Waals surface area contributed by atoms with Crippen LogP contribution in [0.4, 0.5) is 20.3 Å². The number of pyridine rings is 1. The monoisotopic (exact) mass is 502 g/mol. The van der Waals surface area contributed by atoms with Crippen LogP contribution in [-0.4, -0.2) is 56.8 Å². The number of halogens is 3. The van der Waals surface area contributed by atoms with Crippen molar-refractivity contribution in [2.24, 2.45) is 5.92 Å². The summed E-state index contributed by atoms with van der Waals surface area (Å²) in [7, 11) is 0. The Kier molecular flexibility index (Phi) is 6.44. The molecule has 12 heteroatoms. The van der Waals surface area contributed by atoms with Gasteiger partial charge in [0.2, 0.25) is 0 Å². The summed E-state index contributed by atoms with van der Waals surface area (Å²) < 4.78 is 28.6. The van der Waals surface area contributed by atoms with E-state index in [4.69, 9.17) is 11.6 Å². The average molecular weight is 503 g/mol. The topological polar surface area (TPSA) is 135 Å². The summed E-state index contributed by atoms with van der Waals surface area (Å²) in [6.07, 6.45) is 0. The minimum atomic E-state index is -3.14. The van der Waals surface area contributed by atoms with Crippen LogP contribution < -0.4 is 10.2 Å². The molecule has 2 atom stereocenters. The van der Waals surface area contributed by atoms with Gasteiger partial charge in [0.25, 0.3) is 5.92 Å². The van der Waals surface area contributed by atoms with E-state index in [2.05, 4.69) is 20.3 Å². The summed E-state index contributed by atoms with van der Waals surface area (Å²) in [5, 5.41) is 31.6. The summed E-state index contributed by atoms with van der Waals surface area (Å²) >= 11 is 5.84. The smallest absolute Gasteiger partial charge is 0.356 e. The molecular weight excluding hydrogens is 482 g/mol. The number of nitrogens with one attached hydrogen (secondary N) is 1. The molecule has 0 unspecified atom stereocenters. The van der Waals surface area contributed by atoms with Gasteiger partial charge < -0.3 is 20.4 Å². The molecule has 0 bridgehead atoms. The average Bonchev–Trinajstić information content (AvgIpc) is 3.12. The second kappa shape index (κ2) is 9.20. The van der Waals surface area contributed by atoms with Crippen LogP contribution in [0.15, 0.2) is 24.3 Å².